The number of aromatic nitrogens is 3. The minimum absolute atomic E-state index is 0.0699. The minimum atomic E-state index is -0.505. The van der Waals surface area contributed by atoms with Crippen LogP contribution >= 0.6 is 0 Å². The zero-order valence-corrected chi connectivity index (χ0v) is 18.1. The molecule has 1 N–H and O–H groups in total. The van der Waals surface area contributed by atoms with Crippen molar-refractivity contribution in [1.29, 1.82) is 0 Å². The summed E-state index contributed by atoms with van der Waals surface area (Å²) in [5.74, 6) is -0.0375. The van der Waals surface area contributed by atoms with Crippen LogP contribution < -0.4 is 5.32 Å². The van der Waals surface area contributed by atoms with Gasteiger partial charge in [-0.3, -0.25) is 4.79 Å². The van der Waals surface area contributed by atoms with Crippen molar-refractivity contribution in [3.63, 3.8) is 0 Å². The van der Waals surface area contributed by atoms with Crippen LogP contribution in [0.4, 0.5) is 4.39 Å². The van der Waals surface area contributed by atoms with Crippen LogP contribution in [0.5, 0.6) is 0 Å². The first kappa shape index (κ1) is 21.2. The van der Waals surface area contributed by atoms with Gasteiger partial charge in [0, 0.05) is 41.8 Å². The fraction of sp³-hybridized carbons (Fsp3) is 0.400. The second-order valence-corrected chi connectivity index (χ2v) is 8.58. The summed E-state index contributed by atoms with van der Waals surface area (Å²) >= 11 is 0. The molecule has 0 bridgehead atoms. The Balaban J connectivity index is 1.64. The maximum absolute atomic E-state index is 13.5. The van der Waals surface area contributed by atoms with Crippen LogP contribution in [-0.4, -0.2) is 26.5 Å². The summed E-state index contributed by atoms with van der Waals surface area (Å²) in [6.45, 7) is 4.49. The van der Waals surface area contributed by atoms with Crippen molar-refractivity contribution in [3.05, 3.63) is 71.8 Å². The predicted octanol–water partition coefficient (Wildman–Crippen LogP) is 5.14. The SMILES string of the molecule is Cc1nc(F)ccc1-c1cc(Cn2ccnc2)cc(C(=O)NC(C)C2CCCCC2)c1. The lowest BCUT2D eigenvalue weighted by molar-refractivity contribution is 0.0919. The van der Waals surface area contributed by atoms with Gasteiger partial charge >= 0.3 is 0 Å². The van der Waals surface area contributed by atoms with E-state index < -0.39 is 5.95 Å². The monoisotopic (exact) mass is 420 g/mol. The Morgan fingerprint density at radius 2 is 2.03 bits per heavy atom. The predicted molar refractivity (Wildman–Crippen MR) is 119 cm³/mol. The van der Waals surface area contributed by atoms with Crippen LogP contribution in [0.15, 0.2) is 49.1 Å². The number of nitrogens with zero attached hydrogens (tertiary/aromatic N) is 3. The van der Waals surface area contributed by atoms with Gasteiger partial charge in [-0.1, -0.05) is 19.3 Å². The highest BCUT2D eigenvalue weighted by molar-refractivity contribution is 5.96. The maximum atomic E-state index is 13.5. The molecule has 0 radical (unpaired) electrons. The average molecular weight is 421 g/mol. The molecule has 0 aliphatic heterocycles. The molecule has 2 heterocycles. The average Bonchev–Trinajstić information content (AvgIpc) is 3.27. The third-order valence-corrected chi connectivity index (χ3v) is 6.26. The lowest BCUT2D eigenvalue weighted by Gasteiger charge is -2.28. The van der Waals surface area contributed by atoms with E-state index in [9.17, 15) is 9.18 Å². The van der Waals surface area contributed by atoms with Gasteiger partial charge in [0.15, 0.2) is 0 Å². The molecule has 4 rings (SSSR count). The van der Waals surface area contributed by atoms with E-state index >= 15 is 0 Å². The molecule has 162 valence electrons. The number of nitrogens with one attached hydrogen (secondary N) is 1. The van der Waals surface area contributed by atoms with Crippen molar-refractivity contribution >= 4 is 5.91 Å². The van der Waals surface area contributed by atoms with Gasteiger partial charge in [-0.25, -0.2) is 9.97 Å². The van der Waals surface area contributed by atoms with Gasteiger partial charge in [-0.2, -0.15) is 4.39 Å². The molecule has 0 spiro atoms. The summed E-state index contributed by atoms with van der Waals surface area (Å²) in [5, 5.41) is 3.22. The van der Waals surface area contributed by atoms with Crippen molar-refractivity contribution in [2.75, 3.05) is 0 Å². The van der Waals surface area contributed by atoms with Crippen LogP contribution in [0.25, 0.3) is 11.1 Å². The van der Waals surface area contributed by atoms with Crippen LogP contribution in [0, 0.1) is 18.8 Å². The standard InChI is InChI=1S/C25H29FN4O/c1-17(20-6-4-3-5-7-20)29-25(31)22-13-19(15-30-11-10-27-16-30)12-21(14-22)23-8-9-24(26)28-18(23)2/h8-14,16-17,20H,3-7,15H2,1-2H3,(H,29,31). The van der Waals surface area contributed by atoms with E-state index in [1.165, 1.54) is 38.2 Å². The molecular formula is C25H29FN4O. The number of amides is 1. The van der Waals surface area contributed by atoms with Gasteiger partial charge in [0.2, 0.25) is 5.95 Å². The van der Waals surface area contributed by atoms with Crippen LogP contribution in [-0.2, 0) is 6.54 Å². The van der Waals surface area contributed by atoms with E-state index in [0.717, 1.165) is 16.7 Å². The lowest BCUT2D eigenvalue weighted by atomic mass is 9.84. The second-order valence-electron chi connectivity index (χ2n) is 8.58. The molecule has 1 unspecified atom stereocenters. The topological polar surface area (TPSA) is 59.8 Å². The first-order valence-corrected chi connectivity index (χ1v) is 11.0. The Hall–Kier alpha value is -3.02. The molecule has 5 nitrogen and oxygen atoms in total. The third-order valence-electron chi connectivity index (χ3n) is 6.26. The lowest BCUT2D eigenvalue weighted by Crippen LogP contribution is -2.38. The molecule has 3 aromatic rings. The maximum Gasteiger partial charge on any atom is 0.251 e. The fourth-order valence-corrected chi connectivity index (χ4v) is 4.54. The van der Waals surface area contributed by atoms with E-state index in [0.29, 0.717) is 23.7 Å². The van der Waals surface area contributed by atoms with Crippen molar-refractivity contribution in [2.45, 2.75) is 58.5 Å². The van der Waals surface area contributed by atoms with Crippen molar-refractivity contribution in [2.24, 2.45) is 5.92 Å². The zero-order chi connectivity index (χ0) is 21.8. The number of aryl methyl sites for hydroxylation is 1. The number of pyridine rings is 1. The Morgan fingerprint density at radius 3 is 2.74 bits per heavy atom. The molecule has 2 aromatic heterocycles. The number of carbonyl (C=O) groups is 1. The highest BCUT2D eigenvalue weighted by Gasteiger charge is 2.22. The number of benzene rings is 1. The van der Waals surface area contributed by atoms with Gasteiger partial charge < -0.3 is 9.88 Å². The number of rotatable bonds is 6. The Morgan fingerprint density at radius 1 is 1.23 bits per heavy atom. The molecule has 1 saturated carbocycles. The number of halogens is 1. The van der Waals surface area contributed by atoms with Crippen molar-refractivity contribution < 1.29 is 9.18 Å². The molecule has 1 aliphatic rings. The van der Waals surface area contributed by atoms with E-state index in [1.54, 1.807) is 25.5 Å². The van der Waals surface area contributed by atoms with Crippen molar-refractivity contribution in [1.82, 2.24) is 19.9 Å². The smallest absolute Gasteiger partial charge is 0.251 e. The molecule has 1 fully saturated rings. The number of carbonyl (C=O) groups excluding carboxylic acids is 1. The first-order chi connectivity index (χ1) is 15.0. The molecule has 31 heavy (non-hydrogen) atoms. The summed E-state index contributed by atoms with van der Waals surface area (Å²) in [4.78, 5) is 21.2. The van der Waals surface area contributed by atoms with Gasteiger partial charge in [0.1, 0.15) is 0 Å². The van der Waals surface area contributed by atoms with E-state index in [-0.39, 0.29) is 11.9 Å². The largest absolute Gasteiger partial charge is 0.349 e. The Kier molecular flexibility index (Phi) is 6.44. The summed E-state index contributed by atoms with van der Waals surface area (Å²) in [7, 11) is 0. The second kappa shape index (κ2) is 9.41. The summed E-state index contributed by atoms with van der Waals surface area (Å²) in [6, 6.07) is 9.06. The summed E-state index contributed by atoms with van der Waals surface area (Å²) < 4.78 is 15.5. The molecule has 1 amide bonds. The summed E-state index contributed by atoms with van der Waals surface area (Å²) in [5.41, 5.74) is 3.87. The van der Waals surface area contributed by atoms with E-state index in [4.69, 9.17) is 0 Å². The number of hydrogen-bond donors (Lipinski definition) is 1. The van der Waals surface area contributed by atoms with Gasteiger partial charge in [0.05, 0.1) is 6.33 Å². The third kappa shape index (κ3) is 5.19. The number of hydrogen-bond acceptors (Lipinski definition) is 3. The van der Waals surface area contributed by atoms with E-state index in [2.05, 4.69) is 22.2 Å². The molecule has 0 saturated heterocycles. The van der Waals surface area contributed by atoms with E-state index in [1.807, 2.05) is 29.0 Å². The molecule has 1 aromatic carbocycles. The Bertz CT molecular complexity index is 1040. The van der Waals surface area contributed by atoms with Gasteiger partial charge in [0.25, 0.3) is 5.91 Å². The highest BCUT2D eigenvalue weighted by Crippen LogP contribution is 2.28. The molecule has 1 atom stereocenters. The van der Waals surface area contributed by atoms with Crippen LogP contribution in [0.3, 0.4) is 0 Å². The number of imidazole rings is 1. The zero-order valence-electron chi connectivity index (χ0n) is 18.1. The minimum Gasteiger partial charge on any atom is -0.349 e. The normalized spacial score (nSPS) is 15.6. The fourth-order valence-electron chi connectivity index (χ4n) is 4.54. The first-order valence-electron chi connectivity index (χ1n) is 11.0. The summed E-state index contributed by atoms with van der Waals surface area (Å²) in [6.07, 6.45) is 11.5. The van der Waals surface area contributed by atoms with Gasteiger partial charge in [-0.05, 0) is 74.1 Å². The van der Waals surface area contributed by atoms with Crippen LogP contribution in [0.2, 0.25) is 0 Å². The van der Waals surface area contributed by atoms with Crippen molar-refractivity contribution in [3.8, 4) is 11.1 Å². The molecule has 6 heteroatoms. The highest BCUT2D eigenvalue weighted by atomic mass is 19.1. The Labute approximate surface area is 182 Å². The molecule has 1 aliphatic carbocycles. The quantitative estimate of drug-likeness (QED) is 0.562. The van der Waals surface area contributed by atoms with Gasteiger partial charge in [-0.15, -0.1) is 0 Å². The molecular weight excluding hydrogens is 391 g/mol. The van der Waals surface area contributed by atoms with Crippen LogP contribution in [0.1, 0.15) is 60.6 Å².